The number of hydrogen-bond acceptors (Lipinski definition) is 2. The summed E-state index contributed by atoms with van der Waals surface area (Å²) < 4.78 is 16.4. The van der Waals surface area contributed by atoms with Gasteiger partial charge in [0, 0.05) is 10.6 Å². The molecule has 0 radical (unpaired) electrons. The Kier molecular flexibility index (Phi) is 3.25. The third kappa shape index (κ3) is 2.70. The van der Waals surface area contributed by atoms with Crippen LogP contribution in [0, 0.1) is 0 Å². The lowest BCUT2D eigenvalue weighted by Crippen LogP contribution is -1.95. The van der Waals surface area contributed by atoms with E-state index in [1.165, 1.54) is 25.1 Å². The molecule has 70 valence electrons. The summed E-state index contributed by atoms with van der Waals surface area (Å²) in [5.41, 5.74) is 0.413. The SMILES string of the molecule is CC(=O)c1cc(Cl)cc(OCF)c1. The maximum Gasteiger partial charge on any atom is 0.228 e. The molecule has 0 unspecified atom stereocenters. The zero-order valence-electron chi connectivity index (χ0n) is 7.01. The van der Waals surface area contributed by atoms with Crippen molar-refractivity contribution in [3.63, 3.8) is 0 Å². The first-order valence-electron chi connectivity index (χ1n) is 3.64. The van der Waals surface area contributed by atoms with Crippen LogP contribution in [-0.2, 0) is 0 Å². The molecule has 0 saturated carbocycles. The molecule has 13 heavy (non-hydrogen) atoms. The van der Waals surface area contributed by atoms with E-state index >= 15 is 0 Å². The van der Waals surface area contributed by atoms with Crippen molar-refractivity contribution in [2.45, 2.75) is 6.92 Å². The third-order valence-corrected chi connectivity index (χ3v) is 1.72. The van der Waals surface area contributed by atoms with Crippen molar-refractivity contribution in [2.24, 2.45) is 0 Å². The smallest absolute Gasteiger partial charge is 0.228 e. The molecule has 1 rings (SSSR count). The molecule has 0 aliphatic carbocycles. The van der Waals surface area contributed by atoms with Crippen LogP contribution < -0.4 is 4.74 Å². The van der Waals surface area contributed by atoms with Crippen molar-refractivity contribution in [2.75, 3.05) is 6.86 Å². The summed E-state index contributed by atoms with van der Waals surface area (Å²) >= 11 is 5.68. The van der Waals surface area contributed by atoms with Crippen molar-refractivity contribution in [3.05, 3.63) is 28.8 Å². The molecular formula is C9H8ClFO2. The molecule has 0 spiro atoms. The van der Waals surface area contributed by atoms with Crippen molar-refractivity contribution >= 4 is 17.4 Å². The molecule has 0 aromatic heterocycles. The highest BCUT2D eigenvalue weighted by Gasteiger charge is 2.04. The number of halogens is 2. The van der Waals surface area contributed by atoms with Crippen molar-refractivity contribution in [3.8, 4) is 5.75 Å². The summed E-state index contributed by atoms with van der Waals surface area (Å²) in [6, 6.07) is 4.41. The monoisotopic (exact) mass is 202 g/mol. The number of Topliss-reactive ketones (excluding diaryl/α,β-unsaturated/α-hetero) is 1. The van der Waals surface area contributed by atoms with Gasteiger partial charge in [-0.1, -0.05) is 11.6 Å². The number of ether oxygens (including phenoxy) is 1. The summed E-state index contributed by atoms with van der Waals surface area (Å²) in [7, 11) is 0. The minimum atomic E-state index is -0.933. The molecule has 2 nitrogen and oxygen atoms in total. The van der Waals surface area contributed by atoms with Crippen molar-refractivity contribution < 1.29 is 13.9 Å². The molecule has 1 aromatic rings. The summed E-state index contributed by atoms with van der Waals surface area (Å²) in [6.07, 6.45) is 0. The Morgan fingerprint density at radius 2 is 2.23 bits per heavy atom. The maximum absolute atomic E-state index is 11.8. The van der Waals surface area contributed by atoms with E-state index < -0.39 is 6.86 Å². The number of rotatable bonds is 3. The largest absolute Gasteiger partial charge is 0.463 e. The lowest BCUT2D eigenvalue weighted by atomic mass is 10.1. The van der Waals surface area contributed by atoms with Gasteiger partial charge in [-0.05, 0) is 25.1 Å². The van der Waals surface area contributed by atoms with Gasteiger partial charge in [0.05, 0.1) is 0 Å². The summed E-state index contributed by atoms with van der Waals surface area (Å²) in [4.78, 5) is 10.9. The van der Waals surface area contributed by atoms with Crippen LogP contribution in [0.4, 0.5) is 4.39 Å². The molecule has 0 fully saturated rings. The molecule has 0 amide bonds. The van der Waals surface area contributed by atoms with Gasteiger partial charge in [-0.2, -0.15) is 0 Å². The van der Waals surface area contributed by atoms with Gasteiger partial charge in [0.25, 0.3) is 0 Å². The number of ketones is 1. The molecule has 0 aliphatic heterocycles. The predicted molar refractivity (Wildman–Crippen MR) is 48.1 cm³/mol. The van der Waals surface area contributed by atoms with E-state index in [1.54, 1.807) is 0 Å². The van der Waals surface area contributed by atoms with Gasteiger partial charge in [0.2, 0.25) is 6.86 Å². The molecule has 0 bridgehead atoms. The maximum atomic E-state index is 11.8. The first-order valence-corrected chi connectivity index (χ1v) is 4.01. The fourth-order valence-electron chi connectivity index (χ4n) is 0.912. The number of alkyl halides is 1. The topological polar surface area (TPSA) is 26.3 Å². The van der Waals surface area contributed by atoms with Gasteiger partial charge in [-0.15, -0.1) is 0 Å². The van der Waals surface area contributed by atoms with Gasteiger partial charge >= 0.3 is 0 Å². The second kappa shape index (κ2) is 4.23. The molecule has 0 N–H and O–H groups in total. The van der Waals surface area contributed by atoms with Gasteiger partial charge < -0.3 is 4.74 Å². The Bertz CT molecular complexity index is 325. The molecule has 0 saturated heterocycles. The minimum Gasteiger partial charge on any atom is -0.463 e. The van der Waals surface area contributed by atoms with E-state index in [0.717, 1.165) is 0 Å². The van der Waals surface area contributed by atoms with E-state index in [4.69, 9.17) is 11.6 Å². The van der Waals surface area contributed by atoms with Gasteiger partial charge in [0.1, 0.15) is 5.75 Å². The van der Waals surface area contributed by atoms with E-state index in [-0.39, 0.29) is 11.5 Å². The van der Waals surface area contributed by atoms with Crippen LogP contribution in [0.15, 0.2) is 18.2 Å². The van der Waals surface area contributed by atoms with E-state index in [1.807, 2.05) is 0 Å². The Morgan fingerprint density at radius 1 is 1.54 bits per heavy atom. The second-order valence-electron chi connectivity index (χ2n) is 2.49. The van der Waals surface area contributed by atoms with Gasteiger partial charge in [-0.3, -0.25) is 4.79 Å². The third-order valence-electron chi connectivity index (χ3n) is 1.50. The highest BCUT2D eigenvalue weighted by molar-refractivity contribution is 6.31. The Balaban J connectivity index is 3.03. The summed E-state index contributed by atoms with van der Waals surface area (Å²) in [5, 5.41) is 0.358. The van der Waals surface area contributed by atoms with Crippen LogP contribution >= 0.6 is 11.6 Å². The number of benzene rings is 1. The zero-order valence-corrected chi connectivity index (χ0v) is 7.77. The Hall–Kier alpha value is -1.09. The van der Waals surface area contributed by atoms with Crippen LogP contribution in [0.25, 0.3) is 0 Å². The van der Waals surface area contributed by atoms with Gasteiger partial charge in [0.15, 0.2) is 5.78 Å². The predicted octanol–water partition coefficient (Wildman–Crippen LogP) is 2.85. The highest BCUT2D eigenvalue weighted by atomic mass is 35.5. The first-order chi connectivity index (χ1) is 6.13. The zero-order chi connectivity index (χ0) is 9.84. The van der Waals surface area contributed by atoms with Crippen molar-refractivity contribution in [1.29, 1.82) is 0 Å². The molecule has 4 heteroatoms. The standard InChI is InChI=1S/C9H8ClFO2/c1-6(12)7-2-8(10)4-9(3-7)13-5-11/h2-4H,5H2,1H3. The lowest BCUT2D eigenvalue weighted by Gasteiger charge is -2.03. The van der Waals surface area contributed by atoms with Crippen LogP contribution in [0.1, 0.15) is 17.3 Å². The number of carbonyl (C=O) groups is 1. The van der Waals surface area contributed by atoms with E-state index in [2.05, 4.69) is 4.74 Å². The number of carbonyl (C=O) groups excluding carboxylic acids is 1. The summed E-state index contributed by atoms with van der Waals surface area (Å²) in [5.74, 6) is 0.131. The normalized spacial score (nSPS) is 9.77. The van der Waals surface area contributed by atoms with Crippen LogP contribution in [-0.4, -0.2) is 12.6 Å². The quantitative estimate of drug-likeness (QED) is 0.705. The average Bonchev–Trinajstić information content (AvgIpc) is 2.03. The fraction of sp³-hybridized carbons (Fsp3) is 0.222. The minimum absolute atomic E-state index is 0.133. The number of hydrogen-bond donors (Lipinski definition) is 0. The van der Waals surface area contributed by atoms with Crippen LogP contribution in [0.5, 0.6) is 5.75 Å². The molecule has 0 heterocycles. The lowest BCUT2D eigenvalue weighted by molar-refractivity contribution is 0.101. The van der Waals surface area contributed by atoms with Crippen LogP contribution in [0.3, 0.4) is 0 Å². The van der Waals surface area contributed by atoms with E-state index in [9.17, 15) is 9.18 Å². The van der Waals surface area contributed by atoms with Crippen LogP contribution in [0.2, 0.25) is 5.02 Å². The second-order valence-corrected chi connectivity index (χ2v) is 2.92. The first kappa shape index (κ1) is 9.99. The molecule has 0 atom stereocenters. The van der Waals surface area contributed by atoms with E-state index in [0.29, 0.717) is 10.6 Å². The Morgan fingerprint density at radius 3 is 2.77 bits per heavy atom. The van der Waals surface area contributed by atoms with Crippen molar-refractivity contribution in [1.82, 2.24) is 0 Å². The molecule has 1 aromatic carbocycles. The molecule has 0 aliphatic rings. The summed E-state index contributed by atoms with van der Waals surface area (Å²) in [6.45, 7) is 0.475. The van der Waals surface area contributed by atoms with Gasteiger partial charge in [-0.25, -0.2) is 4.39 Å². The highest BCUT2D eigenvalue weighted by Crippen LogP contribution is 2.21. The fourth-order valence-corrected chi connectivity index (χ4v) is 1.14. The Labute approximate surface area is 80.3 Å². The molecular weight excluding hydrogens is 195 g/mol. The average molecular weight is 203 g/mol.